The van der Waals surface area contributed by atoms with Crippen LogP contribution >= 0.6 is 14.3 Å². The van der Waals surface area contributed by atoms with E-state index in [1.807, 2.05) is 146 Å². The van der Waals surface area contributed by atoms with Gasteiger partial charge in [0.15, 0.2) is 14.3 Å². The number of benzene rings is 9. The first-order valence-corrected chi connectivity index (χ1v) is 21.6. The molecular weight excluding hydrogens is 694 g/mol. The molecule has 9 aromatic rings. The molecular formula is C50H36O2P2. The van der Waals surface area contributed by atoms with Crippen LogP contribution in [0, 0.1) is 0 Å². The van der Waals surface area contributed by atoms with Crippen molar-refractivity contribution in [1.82, 2.24) is 0 Å². The SMILES string of the molecule is O=P(c1ccccc1)(c1ccccc1)c1ccc(-c2c3ccccc3c(-c3cccc(P(=O)(c4ccccc4)c4ccccc4)c3)c3ccccc23)cc1. The van der Waals surface area contributed by atoms with E-state index in [9.17, 15) is 0 Å². The van der Waals surface area contributed by atoms with Crippen molar-refractivity contribution in [2.75, 3.05) is 0 Å². The molecule has 4 heteroatoms. The van der Waals surface area contributed by atoms with Gasteiger partial charge in [0.05, 0.1) is 0 Å². The summed E-state index contributed by atoms with van der Waals surface area (Å²) in [5.41, 5.74) is 4.30. The van der Waals surface area contributed by atoms with Crippen LogP contribution in [0.15, 0.2) is 218 Å². The van der Waals surface area contributed by atoms with Gasteiger partial charge in [0, 0.05) is 31.8 Å². The third-order valence-electron chi connectivity index (χ3n) is 10.4. The molecule has 9 aromatic carbocycles. The van der Waals surface area contributed by atoms with Crippen LogP contribution in [-0.2, 0) is 9.13 Å². The van der Waals surface area contributed by atoms with Gasteiger partial charge in [0.25, 0.3) is 0 Å². The molecule has 2 nitrogen and oxygen atoms in total. The summed E-state index contributed by atoms with van der Waals surface area (Å²) in [4.78, 5) is 0. The van der Waals surface area contributed by atoms with Gasteiger partial charge >= 0.3 is 0 Å². The molecule has 0 saturated carbocycles. The second-order valence-corrected chi connectivity index (χ2v) is 19.0. The average Bonchev–Trinajstić information content (AvgIpc) is 3.26. The largest absolute Gasteiger partial charge is 0.309 e. The summed E-state index contributed by atoms with van der Waals surface area (Å²) < 4.78 is 30.6. The molecule has 0 N–H and O–H groups in total. The Morgan fingerprint density at radius 1 is 0.241 bits per heavy atom. The molecule has 0 atom stereocenters. The first-order valence-electron chi connectivity index (χ1n) is 18.1. The summed E-state index contributed by atoms with van der Waals surface area (Å²) in [7, 11) is -6.31. The molecule has 258 valence electrons. The van der Waals surface area contributed by atoms with E-state index in [-0.39, 0.29) is 0 Å². The summed E-state index contributed by atoms with van der Waals surface area (Å²) in [6.45, 7) is 0. The molecule has 0 bridgehead atoms. The van der Waals surface area contributed by atoms with Crippen LogP contribution < -0.4 is 31.8 Å². The lowest BCUT2D eigenvalue weighted by molar-refractivity contribution is 0.591. The lowest BCUT2D eigenvalue weighted by Gasteiger charge is -2.22. The highest BCUT2D eigenvalue weighted by atomic mass is 31.2. The maximum Gasteiger partial charge on any atom is 0.171 e. The van der Waals surface area contributed by atoms with Crippen LogP contribution in [0.3, 0.4) is 0 Å². The van der Waals surface area contributed by atoms with E-state index in [0.29, 0.717) is 0 Å². The molecule has 0 saturated heterocycles. The molecule has 0 fully saturated rings. The summed E-state index contributed by atoms with van der Waals surface area (Å²) >= 11 is 0. The first-order chi connectivity index (χ1) is 26.6. The minimum absolute atomic E-state index is 0.798. The van der Waals surface area contributed by atoms with Crippen molar-refractivity contribution in [3.8, 4) is 22.3 Å². The Kier molecular flexibility index (Phi) is 8.80. The van der Waals surface area contributed by atoms with Gasteiger partial charge in [-0.3, -0.25) is 0 Å². The second kappa shape index (κ2) is 14.1. The van der Waals surface area contributed by atoms with Gasteiger partial charge in [-0.2, -0.15) is 0 Å². The van der Waals surface area contributed by atoms with Crippen LogP contribution in [-0.4, -0.2) is 0 Å². The highest BCUT2D eigenvalue weighted by Crippen LogP contribution is 2.47. The summed E-state index contributed by atoms with van der Waals surface area (Å²) in [6.07, 6.45) is 0. The van der Waals surface area contributed by atoms with E-state index in [4.69, 9.17) is 0 Å². The Hall–Kier alpha value is -6.04. The fraction of sp³-hybridized carbons (Fsp3) is 0. The normalized spacial score (nSPS) is 11.9. The van der Waals surface area contributed by atoms with Crippen molar-refractivity contribution < 1.29 is 9.13 Å². The number of rotatable bonds is 8. The van der Waals surface area contributed by atoms with Crippen LogP contribution in [0.1, 0.15) is 0 Å². The zero-order chi connectivity index (χ0) is 36.5. The Labute approximate surface area is 316 Å². The van der Waals surface area contributed by atoms with Gasteiger partial charge in [-0.05, 0) is 49.9 Å². The van der Waals surface area contributed by atoms with Gasteiger partial charge in [-0.1, -0.05) is 212 Å². The topological polar surface area (TPSA) is 34.1 Å². The van der Waals surface area contributed by atoms with Crippen LogP contribution in [0.5, 0.6) is 0 Å². The summed E-state index contributed by atoms with van der Waals surface area (Å²) in [5, 5.41) is 9.31. The van der Waals surface area contributed by atoms with E-state index in [1.54, 1.807) is 0 Å². The van der Waals surface area contributed by atoms with Crippen molar-refractivity contribution in [3.63, 3.8) is 0 Å². The minimum atomic E-state index is -3.19. The van der Waals surface area contributed by atoms with Gasteiger partial charge in [-0.15, -0.1) is 0 Å². The van der Waals surface area contributed by atoms with Crippen molar-refractivity contribution in [3.05, 3.63) is 218 Å². The zero-order valence-corrected chi connectivity index (χ0v) is 31.3. The Morgan fingerprint density at radius 3 is 0.926 bits per heavy atom. The molecule has 0 aliphatic rings. The molecule has 9 rings (SSSR count). The van der Waals surface area contributed by atoms with Gasteiger partial charge in [0.2, 0.25) is 0 Å². The Balaban J connectivity index is 1.23. The third kappa shape index (κ3) is 5.67. The fourth-order valence-electron chi connectivity index (χ4n) is 7.89. The van der Waals surface area contributed by atoms with Crippen molar-refractivity contribution in [1.29, 1.82) is 0 Å². The van der Waals surface area contributed by atoms with Gasteiger partial charge < -0.3 is 9.13 Å². The fourth-order valence-corrected chi connectivity index (χ4v) is 13.2. The van der Waals surface area contributed by atoms with Crippen LogP contribution in [0.2, 0.25) is 0 Å². The Morgan fingerprint density at radius 2 is 0.537 bits per heavy atom. The summed E-state index contributed by atoms with van der Waals surface area (Å²) in [6, 6.07) is 73.1. The molecule has 0 aliphatic carbocycles. The number of fused-ring (bicyclic) bond motifs is 2. The Bertz CT molecular complexity index is 2710. The minimum Gasteiger partial charge on any atom is -0.309 e. The maximum absolute atomic E-state index is 15.4. The van der Waals surface area contributed by atoms with E-state index in [0.717, 1.165) is 75.6 Å². The predicted octanol–water partition coefficient (Wildman–Crippen LogP) is 10.6. The van der Waals surface area contributed by atoms with E-state index in [2.05, 4.69) is 72.8 Å². The molecule has 54 heavy (non-hydrogen) atoms. The van der Waals surface area contributed by atoms with Crippen LogP contribution in [0.25, 0.3) is 43.8 Å². The molecule has 0 aromatic heterocycles. The molecule has 0 heterocycles. The molecule has 0 amide bonds. The first kappa shape index (κ1) is 33.8. The van der Waals surface area contributed by atoms with Crippen molar-refractivity contribution in [2.24, 2.45) is 0 Å². The van der Waals surface area contributed by atoms with Crippen LogP contribution in [0.4, 0.5) is 0 Å². The zero-order valence-electron chi connectivity index (χ0n) is 29.5. The van der Waals surface area contributed by atoms with Gasteiger partial charge in [0.1, 0.15) is 0 Å². The second-order valence-electron chi connectivity index (χ2n) is 13.5. The van der Waals surface area contributed by atoms with E-state index in [1.165, 1.54) is 0 Å². The van der Waals surface area contributed by atoms with Gasteiger partial charge in [-0.25, -0.2) is 0 Å². The molecule has 0 aliphatic heterocycles. The predicted molar refractivity (Wildman–Crippen MR) is 231 cm³/mol. The standard InChI is InChI=1S/C50H36O2P2/c51-53(39-19-5-1-6-20-39,40-21-7-2-8-22-40)43-34-32-37(33-35-43)49-45-28-13-15-30-47(45)50(48-31-16-14-29-46(48)49)38-18-17-27-44(36-38)54(52,41-23-9-3-10-24-41)42-25-11-4-12-26-42/h1-36H. The van der Waals surface area contributed by atoms with E-state index < -0.39 is 14.3 Å². The highest BCUT2D eigenvalue weighted by Gasteiger charge is 2.31. The summed E-state index contributed by atoms with van der Waals surface area (Å²) in [5.74, 6) is 0. The monoisotopic (exact) mass is 730 g/mol. The number of hydrogen-bond donors (Lipinski definition) is 0. The maximum atomic E-state index is 15.4. The number of hydrogen-bond acceptors (Lipinski definition) is 2. The highest BCUT2D eigenvalue weighted by molar-refractivity contribution is 7.85. The lowest BCUT2D eigenvalue weighted by atomic mass is 9.86. The van der Waals surface area contributed by atoms with Crippen molar-refractivity contribution in [2.45, 2.75) is 0 Å². The average molecular weight is 731 g/mol. The quantitative estimate of drug-likeness (QED) is 0.115. The van der Waals surface area contributed by atoms with Crippen molar-refractivity contribution >= 4 is 67.7 Å². The smallest absolute Gasteiger partial charge is 0.171 e. The molecule has 0 radical (unpaired) electrons. The van der Waals surface area contributed by atoms with E-state index >= 15 is 9.13 Å². The third-order valence-corrected chi connectivity index (χ3v) is 16.6. The lowest BCUT2D eigenvalue weighted by Crippen LogP contribution is -2.25. The molecule has 0 spiro atoms. The molecule has 0 unspecified atom stereocenters.